The topological polar surface area (TPSA) is 58.6 Å². The highest BCUT2D eigenvalue weighted by Crippen LogP contribution is 2.39. The van der Waals surface area contributed by atoms with E-state index in [1.807, 2.05) is 0 Å². The predicted octanol–water partition coefficient (Wildman–Crippen LogP) is 7.21. The van der Waals surface area contributed by atoms with E-state index in [2.05, 4.69) is 5.32 Å². The molecule has 33 heavy (non-hydrogen) atoms. The molecule has 0 fully saturated rings. The number of aromatic hydroxyl groups is 1. The predicted molar refractivity (Wildman–Crippen MR) is 123 cm³/mol. The number of phenolic OH excluding ortho intramolecular Hbond substituents is 1. The fraction of sp³-hybridized carbons (Fsp3) is 0.208. The number of rotatable bonds is 6. The number of alkyl halides is 3. The first kappa shape index (κ1) is 24.7. The summed E-state index contributed by atoms with van der Waals surface area (Å²) < 4.78 is 45.5. The fourth-order valence-electron chi connectivity index (χ4n) is 3.29. The lowest BCUT2D eigenvalue weighted by atomic mass is 10.0. The smallest absolute Gasteiger partial charge is 0.416 e. The molecule has 0 unspecified atom stereocenters. The highest BCUT2D eigenvalue weighted by Gasteiger charge is 2.32. The molecule has 2 N–H and O–H groups in total. The van der Waals surface area contributed by atoms with Crippen LogP contribution in [0, 0.1) is 13.8 Å². The molecule has 0 aliphatic heterocycles. The third kappa shape index (κ3) is 5.72. The highest BCUT2D eigenvalue weighted by atomic mass is 35.5. The minimum atomic E-state index is -4.48. The summed E-state index contributed by atoms with van der Waals surface area (Å²) in [6.07, 6.45) is -4.51. The van der Waals surface area contributed by atoms with Crippen LogP contribution in [0.25, 0.3) is 0 Å². The molecule has 9 heteroatoms. The lowest BCUT2D eigenvalue weighted by molar-refractivity contribution is -0.138. The molecule has 0 spiro atoms. The summed E-state index contributed by atoms with van der Waals surface area (Å²) in [7, 11) is 0. The number of halogens is 5. The molecule has 0 heterocycles. The van der Waals surface area contributed by atoms with Gasteiger partial charge in [-0.1, -0.05) is 41.4 Å². The van der Waals surface area contributed by atoms with Gasteiger partial charge in [0.1, 0.15) is 5.75 Å². The number of aryl methyl sites for hydroxylation is 1. The van der Waals surface area contributed by atoms with E-state index in [0.29, 0.717) is 5.56 Å². The van der Waals surface area contributed by atoms with Crippen molar-refractivity contribution in [3.63, 3.8) is 0 Å². The highest BCUT2D eigenvalue weighted by molar-refractivity contribution is 6.33. The van der Waals surface area contributed by atoms with Gasteiger partial charge in [0, 0.05) is 11.4 Å². The van der Waals surface area contributed by atoms with Crippen molar-refractivity contribution in [3.05, 3.63) is 86.4 Å². The second-order valence-electron chi connectivity index (χ2n) is 7.37. The van der Waals surface area contributed by atoms with E-state index in [4.69, 9.17) is 27.9 Å². The van der Waals surface area contributed by atoms with Crippen molar-refractivity contribution < 1.29 is 27.8 Å². The number of ether oxygens (including phenoxy) is 1. The Morgan fingerprint density at radius 3 is 2.48 bits per heavy atom. The third-order valence-corrected chi connectivity index (χ3v) is 5.65. The number of amides is 1. The van der Waals surface area contributed by atoms with E-state index in [-0.39, 0.29) is 51.4 Å². The van der Waals surface area contributed by atoms with Crippen molar-refractivity contribution in [2.75, 3.05) is 11.9 Å². The maximum Gasteiger partial charge on any atom is 0.416 e. The molecular formula is C24H20Cl2F3NO3. The lowest BCUT2D eigenvalue weighted by Crippen LogP contribution is -2.16. The molecule has 0 aliphatic rings. The van der Waals surface area contributed by atoms with Gasteiger partial charge in [0.2, 0.25) is 0 Å². The van der Waals surface area contributed by atoms with E-state index in [9.17, 15) is 23.1 Å². The Labute approximate surface area is 198 Å². The molecule has 4 nitrogen and oxygen atoms in total. The van der Waals surface area contributed by atoms with Crippen LogP contribution in [0.4, 0.5) is 18.9 Å². The van der Waals surface area contributed by atoms with Crippen LogP contribution in [0.5, 0.6) is 11.5 Å². The van der Waals surface area contributed by atoms with Crippen LogP contribution in [0.3, 0.4) is 0 Å². The van der Waals surface area contributed by atoms with E-state index >= 15 is 0 Å². The Kier molecular flexibility index (Phi) is 7.44. The zero-order chi connectivity index (χ0) is 24.3. The number of phenols is 1. The van der Waals surface area contributed by atoms with E-state index < -0.39 is 17.6 Å². The van der Waals surface area contributed by atoms with Crippen LogP contribution in [-0.2, 0) is 12.6 Å². The molecule has 3 aromatic rings. The van der Waals surface area contributed by atoms with Crippen molar-refractivity contribution in [2.45, 2.75) is 26.4 Å². The number of carbonyl (C=O) groups excluding carboxylic acids is 1. The first-order valence-electron chi connectivity index (χ1n) is 9.86. The Morgan fingerprint density at radius 2 is 1.79 bits per heavy atom. The van der Waals surface area contributed by atoms with Crippen molar-refractivity contribution >= 4 is 34.8 Å². The summed E-state index contributed by atoms with van der Waals surface area (Å²) in [4.78, 5) is 12.8. The Bertz CT molecular complexity index is 1200. The van der Waals surface area contributed by atoms with Gasteiger partial charge in [-0.2, -0.15) is 13.2 Å². The van der Waals surface area contributed by atoms with Crippen LogP contribution in [0.15, 0.2) is 48.5 Å². The summed E-state index contributed by atoms with van der Waals surface area (Å²) in [5.41, 5.74) is 0.975. The maximum absolute atomic E-state index is 13.3. The third-order valence-electron chi connectivity index (χ3n) is 5.14. The molecule has 174 valence electrons. The zero-order valence-electron chi connectivity index (χ0n) is 17.7. The quantitative estimate of drug-likeness (QED) is 0.378. The van der Waals surface area contributed by atoms with Gasteiger partial charge in [-0.05, 0) is 60.9 Å². The van der Waals surface area contributed by atoms with Gasteiger partial charge >= 0.3 is 6.18 Å². The molecule has 3 aromatic carbocycles. The molecular weight excluding hydrogens is 478 g/mol. The molecule has 0 saturated heterocycles. The van der Waals surface area contributed by atoms with Crippen molar-refractivity contribution in [3.8, 4) is 11.5 Å². The molecule has 0 atom stereocenters. The van der Waals surface area contributed by atoms with Crippen LogP contribution < -0.4 is 10.1 Å². The van der Waals surface area contributed by atoms with Gasteiger partial charge in [-0.25, -0.2) is 0 Å². The van der Waals surface area contributed by atoms with E-state index in [1.54, 1.807) is 19.9 Å². The maximum atomic E-state index is 13.3. The fourth-order valence-corrected chi connectivity index (χ4v) is 3.78. The number of nitrogens with one attached hydrogen (secondary N) is 1. The van der Waals surface area contributed by atoms with Gasteiger partial charge in [-0.15, -0.1) is 0 Å². The van der Waals surface area contributed by atoms with Gasteiger partial charge in [0.05, 0.1) is 28.4 Å². The number of benzene rings is 3. The van der Waals surface area contributed by atoms with Crippen molar-refractivity contribution in [1.82, 2.24) is 0 Å². The van der Waals surface area contributed by atoms with E-state index in [0.717, 1.165) is 11.6 Å². The first-order chi connectivity index (χ1) is 15.5. The van der Waals surface area contributed by atoms with Gasteiger partial charge in [0.25, 0.3) is 5.91 Å². The number of anilines is 1. The molecule has 0 bridgehead atoms. The number of hydrogen-bond donors (Lipinski definition) is 2. The monoisotopic (exact) mass is 497 g/mol. The lowest BCUT2D eigenvalue weighted by Gasteiger charge is -2.19. The van der Waals surface area contributed by atoms with Gasteiger partial charge < -0.3 is 15.2 Å². The van der Waals surface area contributed by atoms with Gasteiger partial charge in [-0.3, -0.25) is 4.79 Å². The number of hydrogen-bond acceptors (Lipinski definition) is 3. The minimum absolute atomic E-state index is 0.0264. The molecule has 0 saturated carbocycles. The molecule has 1 amide bonds. The van der Waals surface area contributed by atoms with Crippen LogP contribution >= 0.6 is 23.2 Å². The summed E-state index contributed by atoms with van der Waals surface area (Å²) in [6.45, 7) is 3.42. The zero-order valence-corrected chi connectivity index (χ0v) is 19.2. The summed E-state index contributed by atoms with van der Waals surface area (Å²) in [5.74, 6) is -0.786. The largest absolute Gasteiger partial charge is 0.507 e. The van der Waals surface area contributed by atoms with E-state index in [1.165, 1.54) is 36.4 Å². The Balaban J connectivity index is 1.87. The summed E-state index contributed by atoms with van der Waals surface area (Å²) in [6, 6.07) is 10.9. The Hall–Kier alpha value is -2.90. The molecule has 0 radical (unpaired) electrons. The molecule has 0 aliphatic carbocycles. The second-order valence-corrected chi connectivity index (χ2v) is 8.22. The normalized spacial score (nSPS) is 11.4. The number of carbonyl (C=O) groups is 1. The average molecular weight is 498 g/mol. The standard InChI is InChI=1S/C24H20Cl2F3NO3/c1-13-11-19(26)22(33-10-9-15-5-3-4-6-18(15)24(27,28)29)21(14(13)2)30-23(32)17-12-16(25)7-8-20(17)31/h3-8,11-12,31H,9-10H2,1-2H3,(H,30,32). The van der Waals surface area contributed by atoms with Crippen LogP contribution in [0.2, 0.25) is 10.0 Å². The average Bonchev–Trinajstić information content (AvgIpc) is 2.75. The SMILES string of the molecule is Cc1cc(Cl)c(OCCc2ccccc2C(F)(F)F)c(NC(=O)c2cc(Cl)ccc2O)c1C. The van der Waals surface area contributed by atoms with Crippen LogP contribution in [0.1, 0.15) is 32.6 Å². The minimum Gasteiger partial charge on any atom is -0.507 e. The molecule has 3 rings (SSSR count). The first-order valence-corrected chi connectivity index (χ1v) is 10.6. The van der Waals surface area contributed by atoms with Crippen molar-refractivity contribution in [2.24, 2.45) is 0 Å². The summed E-state index contributed by atoms with van der Waals surface area (Å²) >= 11 is 12.3. The second kappa shape index (κ2) is 9.93. The van der Waals surface area contributed by atoms with Gasteiger partial charge in [0.15, 0.2) is 5.75 Å². The van der Waals surface area contributed by atoms with Crippen LogP contribution in [-0.4, -0.2) is 17.6 Å². The van der Waals surface area contributed by atoms with Crippen molar-refractivity contribution in [1.29, 1.82) is 0 Å². The summed E-state index contributed by atoms with van der Waals surface area (Å²) in [5, 5.41) is 13.2. The Morgan fingerprint density at radius 1 is 1.09 bits per heavy atom. The molecule has 0 aromatic heterocycles.